The van der Waals surface area contributed by atoms with E-state index in [0.717, 1.165) is 0 Å². The monoisotopic (exact) mass is 369 g/mol. The summed E-state index contributed by atoms with van der Waals surface area (Å²) in [5.74, 6) is 0. The second-order valence-corrected chi connectivity index (χ2v) is 21.7. The summed E-state index contributed by atoms with van der Waals surface area (Å²) in [5.41, 5.74) is 0. The van der Waals surface area contributed by atoms with Gasteiger partial charge in [-0.3, -0.25) is 4.52 Å². The summed E-state index contributed by atoms with van der Waals surface area (Å²) < 4.78 is 5.53. The van der Waals surface area contributed by atoms with Crippen LogP contribution in [-0.2, 0) is 11.8 Å². The summed E-state index contributed by atoms with van der Waals surface area (Å²) in [4.78, 5) is 0. The number of thiol groups is 1. The van der Waals surface area contributed by atoms with Crippen LogP contribution >= 0.6 is 24.7 Å². The van der Waals surface area contributed by atoms with Crippen LogP contribution in [0.1, 0.15) is 83.1 Å². The Kier molecular flexibility index (Phi) is 6.29. The first kappa shape index (κ1) is 22.2. The second-order valence-electron chi connectivity index (χ2n) is 9.95. The second kappa shape index (κ2) is 5.94. The Morgan fingerprint density at radius 2 is 0.857 bits per heavy atom. The zero-order valence-electron chi connectivity index (χ0n) is 16.2. The summed E-state index contributed by atoms with van der Waals surface area (Å²) in [6, 6.07) is 0. The molecule has 0 aromatic rings. The minimum atomic E-state index is -1.97. The molecule has 5 heteroatoms. The summed E-state index contributed by atoms with van der Waals surface area (Å²) in [5, 5.41) is 0.139. The van der Waals surface area contributed by atoms with Crippen LogP contribution in [0.25, 0.3) is 0 Å². The average molecular weight is 370 g/mol. The van der Waals surface area contributed by atoms with E-state index in [9.17, 15) is 0 Å². The first-order chi connectivity index (χ1) is 8.71. The van der Waals surface area contributed by atoms with Gasteiger partial charge in [-0.2, -0.15) is 0 Å². The Morgan fingerprint density at radius 1 is 0.619 bits per heavy atom. The highest BCUT2D eigenvalue weighted by Gasteiger charge is 2.48. The van der Waals surface area contributed by atoms with Crippen molar-refractivity contribution in [1.29, 1.82) is 0 Å². The van der Waals surface area contributed by atoms with Crippen LogP contribution in [-0.4, -0.2) is 20.6 Å². The highest BCUT2D eigenvalue weighted by molar-refractivity contribution is 8.50. The predicted molar refractivity (Wildman–Crippen MR) is 112 cm³/mol. The van der Waals surface area contributed by atoms with E-state index in [4.69, 9.17) is 28.6 Å². The molecule has 0 aromatic carbocycles. The standard InChI is InChI=1S/C16H37NP2S2/c1-13(2,3)18(20,14(4,5)6)17-19(21,15(7,8)9)16(10,11)12/h20H,1-12H3. The molecule has 0 saturated carbocycles. The summed E-state index contributed by atoms with van der Waals surface area (Å²) in [7, 11) is 0. The van der Waals surface area contributed by atoms with E-state index in [2.05, 4.69) is 83.1 Å². The fourth-order valence-electron chi connectivity index (χ4n) is 2.73. The number of hydrogen-bond donors (Lipinski definition) is 1. The molecule has 0 amide bonds. The smallest absolute Gasteiger partial charge is 0.0672 e. The van der Waals surface area contributed by atoms with Gasteiger partial charge in [0.25, 0.3) is 0 Å². The Bertz CT molecular complexity index is 444. The molecule has 0 unspecified atom stereocenters. The topological polar surface area (TPSA) is 12.4 Å². The van der Waals surface area contributed by atoms with Crippen molar-refractivity contribution in [2.75, 3.05) is 0 Å². The van der Waals surface area contributed by atoms with Gasteiger partial charge in [0.05, 0.1) is 6.19 Å². The van der Waals surface area contributed by atoms with Crippen molar-refractivity contribution >= 4 is 36.5 Å². The van der Waals surface area contributed by atoms with Gasteiger partial charge >= 0.3 is 0 Å². The molecule has 0 aliphatic rings. The molecule has 0 bridgehead atoms. The molecule has 0 spiro atoms. The van der Waals surface area contributed by atoms with E-state index in [-0.39, 0.29) is 20.6 Å². The summed E-state index contributed by atoms with van der Waals surface area (Å²) >= 11 is 11.5. The van der Waals surface area contributed by atoms with E-state index in [0.29, 0.717) is 0 Å². The molecule has 0 saturated heterocycles. The maximum Gasteiger partial charge on any atom is 0.0672 e. The van der Waals surface area contributed by atoms with Gasteiger partial charge in [0.1, 0.15) is 0 Å². The maximum absolute atomic E-state index is 6.29. The molecule has 0 aliphatic heterocycles. The van der Waals surface area contributed by atoms with Gasteiger partial charge < -0.3 is 0 Å². The van der Waals surface area contributed by atoms with E-state index < -0.39 is 12.4 Å². The zero-order chi connectivity index (χ0) is 17.7. The number of rotatable bonds is 1. The molecule has 128 valence electrons. The van der Waals surface area contributed by atoms with Crippen LogP contribution in [0.2, 0.25) is 0 Å². The molecule has 0 aromatic heterocycles. The molecule has 0 rings (SSSR count). The van der Waals surface area contributed by atoms with Crippen LogP contribution in [0.15, 0.2) is 4.52 Å². The third kappa shape index (κ3) is 4.20. The number of nitrogens with zero attached hydrogens (tertiary/aromatic N) is 1. The van der Waals surface area contributed by atoms with Crippen molar-refractivity contribution in [3.63, 3.8) is 0 Å². The molecule has 0 atom stereocenters. The third-order valence-corrected chi connectivity index (χ3v) is 21.6. The number of hydrogen-bond acceptors (Lipinski definition) is 1. The lowest BCUT2D eigenvalue weighted by Crippen LogP contribution is -2.30. The Balaban J connectivity index is 6.80. The lowest BCUT2D eigenvalue weighted by molar-refractivity contribution is 0.695. The Labute approximate surface area is 144 Å². The van der Waals surface area contributed by atoms with Gasteiger partial charge in [-0.15, -0.1) is 12.2 Å². The van der Waals surface area contributed by atoms with Crippen molar-refractivity contribution in [2.24, 2.45) is 4.52 Å². The van der Waals surface area contributed by atoms with Crippen LogP contribution in [0.5, 0.6) is 0 Å². The van der Waals surface area contributed by atoms with E-state index >= 15 is 0 Å². The molecular formula is C16H37NP2S2. The fourth-order valence-corrected chi connectivity index (χ4v) is 15.1. The van der Waals surface area contributed by atoms with Gasteiger partial charge in [-0.05, 0) is 0 Å². The van der Waals surface area contributed by atoms with Crippen molar-refractivity contribution < 1.29 is 0 Å². The predicted octanol–water partition coefficient (Wildman–Crippen LogP) is 7.62. The van der Waals surface area contributed by atoms with Crippen molar-refractivity contribution in [3.8, 4) is 0 Å². The SMILES string of the molecule is CC(C)(C)P(=S)(N=P(S)(C(C)(C)C)C(C)(C)C)C(C)(C)C. The Morgan fingerprint density at radius 3 is 1.00 bits per heavy atom. The lowest BCUT2D eigenvalue weighted by atomic mass is 10.2. The molecule has 0 radical (unpaired) electrons. The highest BCUT2D eigenvalue weighted by atomic mass is 32.7. The van der Waals surface area contributed by atoms with Gasteiger partial charge in [-0.25, -0.2) is 0 Å². The Hall–Kier alpha value is 1.23. The molecule has 0 N–H and O–H groups in total. The van der Waals surface area contributed by atoms with E-state index in [1.54, 1.807) is 0 Å². The van der Waals surface area contributed by atoms with Crippen LogP contribution in [0.4, 0.5) is 0 Å². The first-order valence-electron chi connectivity index (χ1n) is 7.68. The first-order valence-corrected chi connectivity index (χ1v) is 13.3. The molecule has 0 fully saturated rings. The van der Waals surface area contributed by atoms with Gasteiger partial charge in [0.15, 0.2) is 0 Å². The lowest BCUT2D eigenvalue weighted by Gasteiger charge is -2.49. The molecule has 1 nitrogen and oxygen atoms in total. The van der Waals surface area contributed by atoms with Gasteiger partial charge in [-0.1, -0.05) is 94.9 Å². The maximum atomic E-state index is 6.29. The summed E-state index contributed by atoms with van der Waals surface area (Å²) in [6.45, 7) is 27.2. The zero-order valence-corrected chi connectivity index (χ0v) is 19.7. The summed E-state index contributed by atoms with van der Waals surface area (Å²) in [6.07, 6.45) is -3.86. The third-order valence-electron chi connectivity index (χ3n) is 3.94. The largest absolute Gasteiger partial charge is 0.259 e. The highest BCUT2D eigenvalue weighted by Crippen LogP contribution is 2.82. The minimum Gasteiger partial charge on any atom is -0.259 e. The van der Waals surface area contributed by atoms with Gasteiger partial charge in [0.2, 0.25) is 0 Å². The molecule has 21 heavy (non-hydrogen) atoms. The van der Waals surface area contributed by atoms with Crippen LogP contribution in [0, 0.1) is 0 Å². The average Bonchev–Trinajstić information content (AvgIpc) is 2.09. The molecular weight excluding hydrogens is 332 g/mol. The van der Waals surface area contributed by atoms with Crippen molar-refractivity contribution in [3.05, 3.63) is 0 Å². The van der Waals surface area contributed by atoms with Crippen LogP contribution < -0.4 is 0 Å². The van der Waals surface area contributed by atoms with Crippen molar-refractivity contribution in [2.45, 2.75) is 104 Å². The van der Waals surface area contributed by atoms with Crippen LogP contribution in [0.3, 0.4) is 0 Å². The van der Waals surface area contributed by atoms with E-state index in [1.165, 1.54) is 0 Å². The fraction of sp³-hybridized carbons (Fsp3) is 1.00. The van der Waals surface area contributed by atoms with Crippen molar-refractivity contribution in [1.82, 2.24) is 0 Å². The quantitative estimate of drug-likeness (QED) is 0.370. The normalized spacial score (nSPS) is 16.0. The minimum absolute atomic E-state index is 0.0189. The van der Waals surface area contributed by atoms with E-state index in [1.807, 2.05) is 0 Å². The van der Waals surface area contributed by atoms with Gasteiger partial charge in [0, 0.05) is 26.9 Å². The molecule has 0 heterocycles. The molecule has 0 aliphatic carbocycles.